The number of carbonyl (C=O) groups is 1. The minimum atomic E-state index is -3.05. The molecule has 104 valence electrons. The summed E-state index contributed by atoms with van der Waals surface area (Å²) in [7, 11) is -1.44. The molecule has 2 aliphatic rings. The number of nitrogens with one attached hydrogen (secondary N) is 1. The largest absolute Gasteiger partial charge is 0.358 e. The fourth-order valence-corrected chi connectivity index (χ4v) is 4.90. The smallest absolute Gasteiger partial charge is 0.237 e. The van der Waals surface area contributed by atoms with Crippen molar-refractivity contribution in [3.63, 3.8) is 0 Å². The molecule has 0 saturated carbocycles. The molecule has 18 heavy (non-hydrogen) atoms. The number of carbonyl (C=O) groups excluding carboxylic acids is 1. The summed E-state index contributed by atoms with van der Waals surface area (Å²) >= 11 is 0. The molecule has 3 atom stereocenters. The van der Waals surface area contributed by atoms with Gasteiger partial charge in [0.25, 0.3) is 0 Å². The van der Waals surface area contributed by atoms with E-state index >= 15 is 0 Å². The van der Waals surface area contributed by atoms with E-state index in [0.717, 1.165) is 25.8 Å². The molecule has 0 bridgehead atoms. The van der Waals surface area contributed by atoms with Crippen molar-refractivity contribution in [2.45, 2.75) is 37.4 Å². The van der Waals surface area contributed by atoms with Crippen molar-refractivity contribution in [1.29, 1.82) is 0 Å². The quantitative estimate of drug-likeness (QED) is 0.654. The number of nitrogens with zero attached hydrogens (tertiary/aromatic N) is 1. The molecule has 6 nitrogen and oxygen atoms in total. The first-order chi connectivity index (χ1) is 8.44. The van der Waals surface area contributed by atoms with Crippen LogP contribution in [0, 0.1) is 0 Å². The monoisotopic (exact) mass is 275 g/mol. The van der Waals surface area contributed by atoms with E-state index < -0.39 is 9.84 Å². The van der Waals surface area contributed by atoms with Crippen LogP contribution in [0.15, 0.2) is 0 Å². The van der Waals surface area contributed by atoms with Gasteiger partial charge < -0.3 is 11.1 Å². The Morgan fingerprint density at radius 3 is 2.61 bits per heavy atom. The van der Waals surface area contributed by atoms with E-state index in [1.54, 1.807) is 7.05 Å². The highest BCUT2D eigenvalue weighted by Gasteiger charge is 2.43. The summed E-state index contributed by atoms with van der Waals surface area (Å²) in [6.45, 7) is 0.756. The molecular weight excluding hydrogens is 254 g/mol. The first-order valence-corrected chi connectivity index (χ1v) is 8.20. The molecule has 2 rings (SSSR count). The molecule has 0 aromatic carbocycles. The molecule has 0 radical (unpaired) electrons. The number of rotatable bonds is 2. The van der Waals surface area contributed by atoms with E-state index in [0.29, 0.717) is 0 Å². The molecule has 2 aliphatic heterocycles. The van der Waals surface area contributed by atoms with Crippen LogP contribution in [-0.2, 0) is 14.6 Å². The van der Waals surface area contributed by atoms with Gasteiger partial charge in [-0.15, -0.1) is 0 Å². The van der Waals surface area contributed by atoms with Crippen LogP contribution in [0.5, 0.6) is 0 Å². The van der Waals surface area contributed by atoms with E-state index in [4.69, 9.17) is 5.73 Å². The predicted molar refractivity (Wildman–Crippen MR) is 68.8 cm³/mol. The zero-order valence-corrected chi connectivity index (χ0v) is 11.4. The van der Waals surface area contributed by atoms with Gasteiger partial charge in [0.1, 0.15) is 0 Å². The second-order valence-electron chi connectivity index (χ2n) is 5.17. The molecule has 2 fully saturated rings. The van der Waals surface area contributed by atoms with Crippen LogP contribution in [0.3, 0.4) is 0 Å². The van der Waals surface area contributed by atoms with Crippen LogP contribution in [0.2, 0.25) is 0 Å². The minimum Gasteiger partial charge on any atom is -0.358 e. The second-order valence-corrected chi connectivity index (χ2v) is 7.33. The summed E-state index contributed by atoms with van der Waals surface area (Å²) in [5.41, 5.74) is 5.94. The third kappa shape index (κ3) is 2.67. The SMILES string of the molecule is CNC(=O)C1CCCCN1C1CS(=O)(=O)CC1N. The Morgan fingerprint density at radius 1 is 1.33 bits per heavy atom. The van der Waals surface area contributed by atoms with Gasteiger partial charge in [-0.3, -0.25) is 9.69 Å². The molecule has 3 unspecified atom stereocenters. The number of nitrogens with two attached hydrogens (primary N) is 1. The average Bonchev–Trinajstić information content (AvgIpc) is 2.61. The Hall–Kier alpha value is -0.660. The Balaban J connectivity index is 2.17. The highest BCUT2D eigenvalue weighted by molar-refractivity contribution is 7.91. The fraction of sp³-hybridized carbons (Fsp3) is 0.909. The van der Waals surface area contributed by atoms with Gasteiger partial charge in [0.2, 0.25) is 5.91 Å². The minimum absolute atomic E-state index is 0.0359. The number of piperidine rings is 1. The van der Waals surface area contributed by atoms with Gasteiger partial charge >= 0.3 is 0 Å². The van der Waals surface area contributed by atoms with Crippen molar-refractivity contribution >= 4 is 15.7 Å². The Labute approximate surface area is 108 Å². The zero-order valence-electron chi connectivity index (χ0n) is 10.6. The summed E-state index contributed by atoms with van der Waals surface area (Å²) in [6.07, 6.45) is 2.78. The summed E-state index contributed by atoms with van der Waals surface area (Å²) in [5.74, 6) is 0.0854. The highest BCUT2D eigenvalue weighted by Crippen LogP contribution is 2.25. The predicted octanol–water partition coefficient (Wildman–Crippen LogP) is -1.29. The molecule has 3 N–H and O–H groups in total. The van der Waals surface area contributed by atoms with E-state index in [2.05, 4.69) is 5.32 Å². The van der Waals surface area contributed by atoms with Crippen molar-refractivity contribution in [3.05, 3.63) is 0 Å². The highest BCUT2D eigenvalue weighted by atomic mass is 32.2. The van der Waals surface area contributed by atoms with Crippen molar-refractivity contribution in [1.82, 2.24) is 10.2 Å². The van der Waals surface area contributed by atoms with Crippen molar-refractivity contribution in [3.8, 4) is 0 Å². The molecular formula is C11H21N3O3S. The Morgan fingerprint density at radius 2 is 2.06 bits per heavy atom. The second kappa shape index (κ2) is 5.14. The van der Waals surface area contributed by atoms with Crippen molar-refractivity contribution in [2.24, 2.45) is 5.73 Å². The van der Waals surface area contributed by atoms with Crippen LogP contribution in [-0.4, -0.2) is 62.4 Å². The van der Waals surface area contributed by atoms with Gasteiger partial charge in [-0.2, -0.15) is 0 Å². The van der Waals surface area contributed by atoms with Gasteiger partial charge in [0.05, 0.1) is 17.5 Å². The molecule has 7 heteroatoms. The topological polar surface area (TPSA) is 92.5 Å². The number of amides is 1. The lowest BCUT2D eigenvalue weighted by atomic mass is 9.97. The van der Waals surface area contributed by atoms with E-state index in [1.807, 2.05) is 4.90 Å². The van der Waals surface area contributed by atoms with E-state index in [-0.39, 0.29) is 35.5 Å². The molecule has 2 heterocycles. The third-order valence-corrected chi connectivity index (χ3v) is 5.63. The molecule has 0 aromatic heterocycles. The fourth-order valence-electron chi connectivity index (χ4n) is 3.00. The summed E-state index contributed by atoms with van der Waals surface area (Å²) in [4.78, 5) is 13.9. The van der Waals surface area contributed by atoms with Gasteiger partial charge in [-0.05, 0) is 19.4 Å². The number of likely N-dealkylation sites (tertiary alicyclic amines) is 1. The maximum absolute atomic E-state index is 11.9. The van der Waals surface area contributed by atoms with Gasteiger partial charge in [-0.1, -0.05) is 6.42 Å². The van der Waals surface area contributed by atoms with Crippen LogP contribution >= 0.6 is 0 Å². The summed E-state index contributed by atoms with van der Waals surface area (Å²) in [6, 6.07) is -0.814. The number of hydrogen-bond acceptors (Lipinski definition) is 5. The maximum atomic E-state index is 11.9. The Bertz CT molecular complexity index is 423. The molecule has 2 saturated heterocycles. The normalized spacial score (nSPS) is 36.4. The van der Waals surface area contributed by atoms with Crippen LogP contribution in [0.25, 0.3) is 0 Å². The number of hydrogen-bond donors (Lipinski definition) is 2. The molecule has 0 aliphatic carbocycles. The van der Waals surface area contributed by atoms with Crippen molar-refractivity contribution in [2.75, 3.05) is 25.1 Å². The first-order valence-electron chi connectivity index (χ1n) is 6.38. The standard InChI is InChI=1S/C11H21N3O3S/c1-13-11(15)9-4-2-3-5-14(9)10-7-18(16,17)6-8(10)12/h8-10H,2-7,12H2,1H3,(H,13,15). The average molecular weight is 275 g/mol. The van der Waals surface area contributed by atoms with Crippen LogP contribution < -0.4 is 11.1 Å². The summed E-state index contributed by atoms with van der Waals surface area (Å²) in [5, 5.41) is 2.65. The maximum Gasteiger partial charge on any atom is 0.237 e. The lowest BCUT2D eigenvalue weighted by Crippen LogP contribution is -2.57. The van der Waals surface area contributed by atoms with Crippen LogP contribution in [0.1, 0.15) is 19.3 Å². The summed E-state index contributed by atoms with van der Waals surface area (Å²) < 4.78 is 23.3. The molecule has 0 spiro atoms. The van der Waals surface area contributed by atoms with Crippen molar-refractivity contribution < 1.29 is 13.2 Å². The van der Waals surface area contributed by atoms with E-state index in [9.17, 15) is 13.2 Å². The van der Waals surface area contributed by atoms with Gasteiger partial charge in [-0.25, -0.2) is 8.42 Å². The number of likely N-dealkylation sites (N-methyl/N-ethyl adjacent to an activating group) is 1. The third-order valence-electron chi connectivity index (χ3n) is 3.88. The van der Waals surface area contributed by atoms with Gasteiger partial charge in [0.15, 0.2) is 9.84 Å². The zero-order chi connectivity index (χ0) is 13.3. The lowest BCUT2D eigenvalue weighted by molar-refractivity contribution is -0.128. The lowest BCUT2D eigenvalue weighted by Gasteiger charge is -2.39. The van der Waals surface area contributed by atoms with E-state index in [1.165, 1.54) is 0 Å². The molecule has 1 amide bonds. The first kappa shape index (κ1) is 13.8. The Kier molecular flexibility index (Phi) is 3.93. The molecule has 0 aromatic rings. The van der Waals surface area contributed by atoms with Gasteiger partial charge in [0, 0.05) is 19.1 Å². The number of sulfone groups is 1. The van der Waals surface area contributed by atoms with Crippen LogP contribution in [0.4, 0.5) is 0 Å².